The van der Waals surface area contributed by atoms with Crippen LogP contribution in [-0.2, 0) is 0 Å². The van der Waals surface area contributed by atoms with Gasteiger partial charge in [-0.15, -0.1) is 0 Å². The molecule has 0 radical (unpaired) electrons. The summed E-state index contributed by atoms with van der Waals surface area (Å²) >= 11 is 0. The molecule has 0 saturated heterocycles. The van der Waals surface area contributed by atoms with Crippen LogP contribution >= 0.6 is 0 Å². The van der Waals surface area contributed by atoms with Crippen LogP contribution in [0, 0.1) is 23.2 Å². The van der Waals surface area contributed by atoms with Gasteiger partial charge in [0.05, 0.1) is 0 Å². The summed E-state index contributed by atoms with van der Waals surface area (Å²) in [6, 6.07) is 0.487. The Morgan fingerprint density at radius 2 is 1.81 bits per heavy atom. The highest BCUT2D eigenvalue weighted by molar-refractivity contribution is 4.99. The Labute approximate surface area is 101 Å². The molecule has 94 valence electrons. The Bertz CT molecular complexity index is 242. The zero-order valence-corrected chi connectivity index (χ0v) is 11.4. The highest BCUT2D eigenvalue weighted by Crippen LogP contribution is 2.47. The SMILES string of the molecule is CN(CC1C2CCC(C2)C1N)CC(C)(C)C. The highest BCUT2D eigenvalue weighted by Gasteiger charge is 2.45. The van der Waals surface area contributed by atoms with E-state index in [4.69, 9.17) is 5.73 Å². The molecule has 0 aromatic heterocycles. The molecule has 0 aromatic carbocycles. The van der Waals surface area contributed by atoms with Crippen molar-refractivity contribution in [1.82, 2.24) is 4.90 Å². The lowest BCUT2D eigenvalue weighted by Gasteiger charge is -2.34. The van der Waals surface area contributed by atoms with Gasteiger partial charge in [-0.1, -0.05) is 20.8 Å². The van der Waals surface area contributed by atoms with Crippen LogP contribution in [0.25, 0.3) is 0 Å². The Morgan fingerprint density at radius 1 is 1.19 bits per heavy atom. The van der Waals surface area contributed by atoms with Gasteiger partial charge in [0.1, 0.15) is 0 Å². The van der Waals surface area contributed by atoms with Crippen LogP contribution in [0.1, 0.15) is 40.0 Å². The Morgan fingerprint density at radius 3 is 2.31 bits per heavy atom. The first kappa shape index (κ1) is 12.4. The smallest absolute Gasteiger partial charge is 0.0111 e. The van der Waals surface area contributed by atoms with Gasteiger partial charge < -0.3 is 10.6 Å². The van der Waals surface area contributed by atoms with E-state index < -0.39 is 0 Å². The van der Waals surface area contributed by atoms with Gasteiger partial charge in [0.25, 0.3) is 0 Å². The van der Waals surface area contributed by atoms with Crippen molar-refractivity contribution in [3.63, 3.8) is 0 Å². The van der Waals surface area contributed by atoms with Crippen LogP contribution in [0.15, 0.2) is 0 Å². The van der Waals surface area contributed by atoms with E-state index in [9.17, 15) is 0 Å². The molecule has 2 aliphatic carbocycles. The Balaban J connectivity index is 1.86. The van der Waals surface area contributed by atoms with E-state index in [-0.39, 0.29) is 0 Å². The van der Waals surface area contributed by atoms with Crippen molar-refractivity contribution in [3.05, 3.63) is 0 Å². The second kappa shape index (κ2) is 4.30. The van der Waals surface area contributed by atoms with Gasteiger partial charge >= 0.3 is 0 Å². The van der Waals surface area contributed by atoms with Crippen molar-refractivity contribution >= 4 is 0 Å². The third-order valence-electron chi connectivity index (χ3n) is 4.42. The van der Waals surface area contributed by atoms with E-state index in [0.717, 1.165) is 17.8 Å². The van der Waals surface area contributed by atoms with Crippen molar-refractivity contribution < 1.29 is 0 Å². The summed E-state index contributed by atoms with van der Waals surface area (Å²) in [7, 11) is 2.25. The average molecular weight is 224 g/mol. The number of fused-ring (bicyclic) bond motifs is 2. The van der Waals surface area contributed by atoms with Crippen molar-refractivity contribution in [2.24, 2.45) is 28.9 Å². The Kier molecular flexibility index (Phi) is 3.33. The number of hydrogen-bond acceptors (Lipinski definition) is 2. The van der Waals surface area contributed by atoms with E-state index in [2.05, 4.69) is 32.7 Å². The van der Waals surface area contributed by atoms with Crippen molar-refractivity contribution in [3.8, 4) is 0 Å². The largest absolute Gasteiger partial charge is 0.327 e. The maximum absolute atomic E-state index is 6.35. The number of hydrogen-bond donors (Lipinski definition) is 1. The van der Waals surface area contributed by atoms with Crippen LogP contribution in [0.2, 0.25) is 0 Å². The molecule has 4 atom stereocenters. The molecule has 2 bridgehead atoms. The second-order valence-corrected chi connectivity index (χ2v) is 7.33. The molecule has 0 spiro atoms. The molecule has 2 N–H and O–H groups in total. The summed E-state index contributed by atoms with van der Waals surface area (Å²) in [5, 5.41) is 0. The molecule has 0 aliphatic heterocycles. The van der Waals surface area contributed by atoms with Gasteiger partial charge in [0, 0.05) is 19.1 Å². The summed E-state index contributed by atoms with van der Waals surface area (Å²) in [5.41, 5.74) is 6.75. The molecule has 2 rings (SSSR count). The maximum atomic E-state index is 6.35. The normalized spacial score (nSPS) is 38.6. The lowest BCUT2D eigenvalue weighted by atomic mass is 9.84. The molecule has 0 heterocycles. The minimum Gasteiger partial charge on any atom is -0.327 e. The van der Waals surface area contributed by atoms with Gasteiger partial charge in [-0.05, 0) is 49.5 Å². The van der Waals surface area contributed by atoms with Crippen LogP contribution < -0.4 is 5.73 Å². The third kappa shape index (κ3) is 2.60. The summed E-state index contributed by atoms with van der Waals surface area (Å²) in [6.45, 7) is 9.31. The molecular weight excluding hydrogens is 196 g/mol. The fourth-order valence-corrected chi connectivity index (χ4v) is 3.96. The first-order valence-electron chi connectivity index (χ1n) is 6.81. The summed E-state index contributed by atoms with van der Waals surface area (Å²) in [6.07, 6.45) is 4.24. The zero-order chi connectivity index (χ0) is 11.9. The lowest BCUT2D eigenvalue weighted by Crippen LogP contribution is -2.43. The van der Waals surface area contributed by atoms with Crippen molar-refractivity contribution in [2.75, 3.05) is 20.1 Å². The topological polar surface area (TPSA) is 29.3 Å². The fraction of sp³-hybridized carbons (Fsp3) is 1.00. The van der Waals surface area contributed by atoms with Crippen LogP contribution in [0.4, 0.5) is 0 Å². The summed E-state index contributed by atoms with van der Waals surface area (Å²) in [4.78, 5) is 2.49. The molecular formula is C14H28N2. The molecule has 0 amide bonds. The summed E-state index contributed by atoms with van der Waals surface area (Å²) in [5.74, 6) is 2.55. The van der Waals surface area contributed by atoms with E-state index in [1.165, 1.54) is 32.4 Å². The molecule has 4 unspecified atom stereocenters. The quantitative estimate of drug-likeness (QED) is 0.797. The minimum absolute atomic E-state index is 0.399. The van der Waals surface area contributed by atoms with Crippen LogP contribution in [0.3, 0.4) is 0 Å². The van der Waals surface area contributed by atoms with Gasteiger partial charge in [0.15, 0.2) is 0 Å². The predicted octanol–water partition coefficient (Wildman–Crippen LogP) is 2.34. The average Bonchev–Trinajstić information content (AvgIpc) is 2.66. The fourth-order valence-electron chi connectivity index (χ4n) is 3.96. The number of rotatable bonds is 3. The molecule has 2 nitrogen and oxygen atoms in total. The van der Waals surface area contributed by atoms with Crippen LogP contribution in [0.5, 0.6) is 0 Å². The predicted molar refractivity (Wildman–Crippen MR) is 69.2 cm³/mol. The van der Waals surface area contributed by atoms with Gasteiger partial charge in [-0.3, -0.25) is 0 Å². The lowest BCUT2D eigenvalue weighted by molar-refractivity contribution is 0.160. The first-order valence-corrected chi connectivity index (χ1v) is 6.81. The highest BCUT2D eigenvalue weighted by atomic mass is 15.1. The van der Waals surface area contributed by atoms with E-state index in [0.29, 0.717) is 11.5 Å². The number of nitrogens with two attached hydrogens (primary N) is 1. The van der Waals surface area contributed by atoms with Crippen molar-refractivity contribution in [1.29, 1.82) is 0 Å². The first-order chi connectivity index (χ1) is 7.37. The molecule has 2 heteroatoms. The van der Waals surface area contributed by atoms with E-state index >= 15 is 0 Å². The zero-order valence-electron chi connectivity index (χ0n) is 11.4. The minimum atomic E-state index is 0.399. The number of nitrogens with zero attached hydrogens (tertiary/aromatic N) is 1. The molecule has 2 fully saturated rings. The second-order valence-electron chi connectivity index (χ2n) is 7.33. The summed E-state index contributed by atoms with van der Waals surface area (Å²) < 4.78 is 0. The van der Waals surface area contributed by atoms with Crippen LogP contribution in [-0.4, -0.2) is 31.1 Å². The third-order valence-corrected chi connectivity index (χ3v) is 4.42. The van der Waals surface area contributed by atoms with Gasteiger partial charge in [-0.25, -0.2) is 0 Å². The Hall–Kier alpha value is -0.0800. The van der Waals surface area contributed by atoms with E-state index in [1.54, 1.807) is 0 Å². The van der Waals surface area contributed by atoms with E-state index in [1.807, 2.05) is 0 Å². The van der Waals surface area contributed by atoms with Gasteiger partial charge in [0.2, 0.25) is 0 Å². The molecule has 0 aromatic rings. The molecule has 2 saturated carbocycles. The monoisotopic (exact) mass is 224 g/mol. The molecule has 2 aliphatic rings. The van der Waals surface area contributed by atoms with Crippen molar-refractivity contribution in [2.45, 2.75) is 46.1 Å². The molecule has 16 heavy (non-hydrogen) atoms. The standard InChI is InChI=1S/C14H28N2/c1-14(2,3)9-16(4)8-12-10-5-6-11(7-10)13(12)15/h10-13H,5-9,15H2,1-4H3. The maximum Gasteiger partial charge on any atom is 0.0111 e. The van der Waals surface area contributed by atoms with Gasteiger partial charge in [-0.2, -0.15) is 0 Å².